The Bertz CT molecular complexity index is 471. The second-order valence-electron chi connectivity index (χ2n) is 6.03. The van der Waals surface area contributed by atoms with Gasteiger partial charge < -0.3 is 5.73 Å². The van der Waals surface area contributed by atoms with Crippen LogP contribution in [0.3, 0.4) is 0 Å². The molecule has 5 heteroatoms. The predicted molar refractivity (Wildman–Crippen MR) is 77.8 cm³/mol. The van der Waals surface area contributed by atoms with Gasteiger partial charge in [0.05, 0.1) is 5.56 Å². The molecule has 1 fully saturated rings. The van der Waals surface area contributed by atoms with E-state index in [1.807, 2.05) is 0 Å². The lowest BCUT2D eigenvalue weighted by Gasteiger charge is -2.35. The zero-order valence-corrected chi connectivity index (χ0v) is 12.5. The van der Waals surface area contributed by atoms with Crippen molar-refractivity contribution in [3.05, 3.63) is 35.4 Å². The van der Waals surface area contributed by atoms with E-state index in [2.05, 4.69) is 18.7 Å². The Balaban J connectivity index is 2.38. The van der Waals surface area contributed by atoms with E-state index in [-0.39, 0.29) is 12.6 Å². The summed E-state index contributed by atoms with van der Waals surface area (Å²) in [5.41, 5.74) is 5.60. The lowest BCUT2D eigenvalue weighted by atomic mass is 9.95. The van der Waals surface area contributed by atoms with Gasteiger partial charge in [0.1, 0.15) is 0 Å². The summed E-state index contributed by atoms with van der Waals surface area (Å²) in [6.45, 7) is 5.26. The number of hydrogen-bond acceptors (Lipinski definition) is 2. The number of benzene rings is 1. The highest BCUT2D eigenvalue weighted by molar-refractivity contribution is 5.33. The molecule has 0 spiro atoms. The Morgan fingerprint density at radius 1 is 1.29 bits per heavy atom. The summed E-state index contributed by atoms with van der Waals surface area (Å²) in [4.78, 5) is 2.16. The predicted octanol–water partition coefficient (Wildman–Crippen LogP) is 3.83. The Hall–Kier alpha value is -1.07. The number of nitrogens with zero attached hydrogens (tertiary/aromatic N) is 1. The summed E-state index contributed by atoms with van der Waals surface area (Å²) in [6, 6.07) is 5.75. The van der Waals surface area contributed by atoms with Crippen molar-refractivity contribution in [2.75, 3.05) is 13.1 Å². The van der Waals surface area contributed by atoms with Gasteiger partial charge in [0.25, 0.3) is 0 Å². The van der Waals surface area contributed by atoms with E-state index in [0.717, 1.165) is 25.5 Å². The summed E-state index contributed by atoms with van der Waals surface area (Å²) in [5.74, 6) is 0.416. The van der Waals surface area contributed by atoms with Gasteiger partial charge in [-0.25, -0.2) is 0 Å². The van der Waals surface area contributed by atoms with Gasteiger partial charge in [0, 0.05) is 18.6 Å². The molecule has 0 radical (unpaired) electrons. The van der Waals surface area contributed by atoms with Crippen LogP contribution in [0, 0.1) is 5.92 Å². The Kier molecular flexibility index (Phi) is 4.94. The van der Waals surface area contributed by atoms with E-state index in [1.165, 1.54) is 6.07 Å². The molecule has 0 amide bonds. The van der Waals surface area contributed by atoms with Gasteiger partial charge in [-0.1, -0.05) is 32.0 Å². The third-order valence-electron chi connectivity index (χ3n) is 4.36. The van der Waals surface area contributed by atoms with Crippen LogP contribution in [0.5, 0.6) is 0 Å². The van der Waals surface area contributed by atoms with E-state index in [1.54, 1.807) is 12.1 Å². The Morgan fingerprint density at radius 3 is 2.52 bits per heavy atom. The second-order valence-corrected chi connectivity index (χ2v) is 6.03. The largest absolute Gasteiger partial charge is 0.416 e. The molecule has 2 nitrogen and oxygen atoms in total. The quantitative estimate of drug-likeness (QED) is 0.916. The SMILES string of the molecule is CC(C)C1CCCN1C(CN)c1ccccc1C(F)(F)F. The van der Waals surface area contributed by atoms with E-state index in [9.17, 15) is 13.2 Å². The summed E-state index contributed by atoms with van der Waals surface area (Å²) >= 11 is 0. The number of hydrogen-bond donors (Lipinski definition) is 1. The van der Waals surface area contributed by atoms with Crippen LogP contribution in [0.4, 0.5) is 13.2 Å². The summed E-state index contributed by atoms with van der Waals surface area (Å²) in [5, 5.41) is 0. The smallest absolute Gasteiger partial charge is 0.329 e. The minimum atomic E-state index is -4.34. The lowest BCUT2D eigenvalue weighted by molar-refractivity contribution is -0.138. The van der Waals surface area contributed by atoms with E-state index >= 15 is 0 Å². The number of likely N-dealkylation sites (tertiary alicyclic amines) is 1. The normalized spacial score (nSPS) is 22.0. The van der Waals surface area contributed by atoms with Crippen LogP contribution in [-0.4, -0.2) is 24.0 Å². The van der Waals surface area contributed by atoms with Gasteiger partial charge in [0.2, 0.25) is 0 Å². The maximum Gasteiger partial charge on any atom is 0.416 e. The van der Waals surface area contributed by atoms with Crippen molar-refractivity contribution >= 4 is 0 Å². The molecule has 1 aromatic carbocycles. The molecule has 0 aliphatic carbocycles. The highest BCUT2D eigenvalue weighted by atomic mass is 19.4. The highest BCUT2D eigenvalue weighted by Gasteiger charge is 2.39. The molecule has 118 valence electrons. The maximum absolute atomic E-state index is 13.2. The standard InChI is InChI=1S/C16H23F3N2/c1-11(2)14-8-5-9-21(14)15(10-20)12-6-3-4-7-13(12)16(17,18)19/h3-4,6-7,11,14-15H,5,8-10,20H2,1-2H3. The molecule has 0 aromatic heterocycles. The average molecular weight is 300 g/mol. The zero-order valence-electron chi connectivity index (χ0n) is 12.5. The van der Waals surface area contributed by atoms with Crippen LogP contribution in [0.1, 0.15) is 43.9 Å². The van der Waals surface area contributed by atoms with Crippen molar-refractivity contribution in [1.29, 1.82) is 0 Å². The van der Waals surface area contributed by atoms with Crippen molar-refractivity contribution in [2.24, 2.45) is 11.7 Å². The van der Waals surface area contributed by atoms with Crippen LogP contribution in [0.2, 0.25) is 0 Å². The first-order valence-electron chi connectivity index (χ1n) is 7.48. The third-order valence-corrected chi connectivity index (χ3v) is 4.36. The van der Waals surface area contributed by atoms with Crippen LogP contribution >= 0.6 is 0 Å². The molecule has 1 heterocycles. The van der Waals surface area contributed by atoms with Gasteiger partial charge in [-0.05, 0) is 36.9 Å². The fraction of sp³-hybridized carbons (Fsp3) is 0.625. The molecule has 1 aliphatic rings. The Labute approximate surface area is 124 Å². The van der Waals surface area contributed by atoms with Crippen molar-refractivity contribution in [3.8, 4) is 0 Å². The molecule has 0 saturated carbocycles. The van der Waals surface area contributed by atoms with Gasteiger partial charge in [-0.2, -0.15) is 13.2 Å². The number of halogens is 3. The molecule has 0 bridgehead atoms. The third kappa shape index (κ3) is 3.40. The number of nitrogens with two attached hydrogens (primary N) is 1. The average Bonchev–Trinajstić information content (AvgIpc) is 2.88. The summed E-state index contributed by atoms with van der Waals surface area (Å²) < 4.78 is 39.7. The molecule has 1 saturated heterocycles. The van der Waals surface area contributed by atoms with Crippen molar-refractivity contribution in [1.82, 2.24) is 4.90 Å². The molecule has 2 N–H and O–H groups in total. The second kappa shape index (κ2) is 6.36. The van der Waals surface area contributed by atoms with Gasteiger partial charge in [-0.15, -0.1) is 0 Å². The van der Waals surface area contributed by atoms with Crippen LogP contribution in [-0.2, 0) is 6.18 Å². The zero-order chi connectivity index (χ0) is 15.6. The minimum Gasteiger partial charge on any atom is -0.329 e. The number of rotatable bonds is 4. The van der Waals surface area contributed by atoms with E-state index < -0.39 is 11.7 Å². The maximum atomic E-state index is 13.2. The summed E-state index contributed by atoms with van der Waals surface area (Å²) in [7, 11) is 0. The van der Waals surface area contributed by atoms with Gasteiger partial charge in [0.15, 0.2) is 0 Å². The van der Waals surface area contributed by atoms with Gasteiger partial charge >= 0.3 is 6.18 Å². The number of alkyl halides is 3. The molecule has 2 unspecified atom stereocenters. The van der Waals surface area contributed by atoms with E-state index in [4.69, 9.17) is 5.73 Å². The monoisotopic (exact) mass is 300 g/mol. The fourth-order valence-electron chi connectivity index (χ4n) is 3.40. The molecule has 1 aromatic rings. The first kappa shape index (κ1) is 16.3. The topological polar surface area (TPSA) is 29.3 Å². The van der Waals surface area contributed by atoms with Gasteiger partial charge in [-0.3, -0.25) is 4.90 Å². The molecular formula is C16H23F3N2. The van der Waals surface area contributed by atoms with Crippen molar-refractivity contribution in [2.45, 2.75) is 44.9 Å². The summed E-state index contributed by atoms with van der Waals surface area (Å²) in [6.07, 6.45) is -2.28. The molecule has 21 heavy (non-hydrogen) atoms. The van der Waals surface area contributed by atoms with Crippen molar-refractivity contribution in [3.63, 3.8) is 0 Å². The first-order valence-corrected chi connectivity index (χ1v) is 7.48. The molecule has 2 rings (SSSR count). The first-order chi connectivity index (χ1) is 9.86. The van der Waals surface area contributed by atoms with E-state index in [0.29, 0.717) is 17.5 Å². The Morgan fingerprint density at radius 2 is 1.95 bits per heavy atom. The lowest BCUT2D eigenvalue weighted by Crippen LogP contribution is -2.40. The van der Waals surface area contributed by atoms with Crippen molar-refractivity contribution < 1.29 is 13.2 Å². The molecular weight excluding hydrogens is 277 g/mol. The van der Waals surface area contributed by atoms with Crippen LogP contribution in [0.15, 0.2) is 24.3 Å². The minimum absolute atomic E-state index is 0.205. The van der Waals surface area contributed by atoms with Crippen LogP contribution < -0.4 is 5.73 Å². The highest BCUT2D eigenvalue weighted by Crippen LogP contribution is 2.39. The fourth-order valence-corrected chi connectivity index (χ4v) is 3.40. The van der Waals surface area contributed by atoms with Crippen LogP contribution in [0.25, 0.3) is 0 Å². The molecule has 1 aliphatic heterocycles. The molecule has 2 atom stereocenters.